The van der Waals surface area contributed by atoms with Crippen molar-refractivity contribution < 1.29 is 19.1 Å². The van der Waals surface area contributed by atoms with Gasteiger partial charge in [-0.2, -0.15) is 0 Å². The molecule has 1 aromatic rings. The summed E-state index contributed by atoms with van der Waals surface area (Å²) >= 11 is 6.78. The van der Waals surface area contributed by atoms with Gasteiger partial charge in [-0.3, -0.25) is 19.7 Å². The number of hydrogen-bond acceptors (Lipinski definition) is 6. The molecule has 0 radical (unpaired) electrons. The van der Waals surface area contributed by atoms with E-state index in [4.69, 9.17) is 17.0 Å². The number of amides is 2. The number of rotatable bonds is 6. The Kier molecular flexibility index (Phi) is 7.73. The van der Waals surface area contributed by atoms with E-state index in [0.29, 0.717) is 26.1 Å². The molecular weight excluding hydrogens is 374 g/mol. The van der Waals surface area contributed by atoms with Crippen molar-refractivity contribution in [2.24, 2.45) is 0 Å². The monoisotopic (exact) mass is 395 g/mol. The molecule has 7 nitrogen and oxygen atoms in total. The number of esters is 1. The zero-order chi connectivity index (χ0) is 18.9. The second kappa shape index (κ2) is 10.0. The van der Waals surface area contributed by atoms with E-state index >= 15 is 0 Å². The van der Waals surface area contributed by atoms with Gasteiger partial charge < -0.3 is 15.0 Å². The molecule has 0 bridgehead atoms. The molecule has 26 heavy (non-hydrogen) atoms. The maximum absolute atomic E-state index is 12.1. The molecule has 1 fully saturated rings. The van der Waals surface area contributed by atoms with Crippen LogP contribution in [0.4, 0.5) is 0 Å². The minimum absolute atomic E-state index is 0.118. The normalized spacial score (nSPS) is 17.0. The first-order valence-corrected chi connectivity index (χ1v) is 9.56. The molecule has 1 unspecified atom stereocenters. The highest BCUT2D eigenvalue weighted by atomic mass is 32.1. The second-order valence-electron chi connectivity index (χ2n) is 5.57. The minimum Gasteiger partial charge on any atom is -0.466 e. The molecule has 9 heteroatoms. The van der Waals surface area contributed by atoms with Crippen LogP contribution in [0.3, 0.4) is 0 Å². The molecule has 1 aromatic heterocycles. The van der Waals surface area contributed by atoms with Crippen molar-refractivity contribution in [3.63, 3.8) is 0 Å². The maximum atomic E-state index is 12.1. The average Bonchev–Trinajstić information content (AvgIpc) is 3.13. The van der Waals surface area contributed by atoms with Crippen molar-refractivity contribution >= 4 is 52.5 Å². The summed E-state index contributed by atoms with van der Waals surface area (Å²) in [6.45, 7) is 2.99. The van der Waals surface area contributed by atoms with Gasteiger partial charge in [-0.05, 0) is 36.2 Å². The zero-order valence-electron chi connectivity index (χ0n) is 14.4. The number of thiocarbonyl (C=S) groups is 1. The van der Waals surface area contributed by atoms with Crippen LogP contribution < -0.4 is 10.6 Å². The van der Waals surface area contributed by atoms with Gasteiger partial charge in [-0.1, -0.05) is 13.0 Å². The summed E-state index contributed by atoms with van der Waals surface area (Å²) < 4.78 is 5.05. The van der Waals surface area contributed by atoms with Crippen LogP contribution in [0.1, 0.15) is 24.6 Å². The van der Waals surface area contributed by atoms with E-state index < -0.39 is 12.0 Å². The number of thiophene rings is 1. The number of carbonyl (C=O) groups excluding carboxylic acids is 3. The van der Waals surface area contributed by atoms with Crippen LogP contribution in [-0.4, -0.2) is 53.5 Å². The Morgan fingerprint density at radius 3 is 3.04 bits per heavy atom. The topological polar surface area (TPSA) is 87.7 Å². The summed E-state index contributed by atoms with van der Waals surface area (Å²) in [7, 11) is 0. The lowest BCUT2D eigenvalue weighted by atomic mass is 10.1. The Hall–Kier alpha value is -2.26. The van der Waals surface area contributed by atoms with Crippen LogP contribution >= 0.6 is 23.6 Å². The number of ether oxygens (including phenoxy) is 1. The number of nitrogens with zero attached hydrogens (tertiary/aromatic N) is 1. The number of carbonyl (C=O) groups is 3. The van der Waals surface area contributed by atoms with E-state index in [1.54, 1.807) is 11.0 Å². The Labute approximate surface area is 161 Å². The van der Waals surface area contributed by atoms with E-state index in [1.165, 1.54) is 17.4 Å². The first-order valence-electron chi connectivity index (χ1n) is 8.27. The fourth-order valence-electron chi connectivity index (χ4n) is 2.36. The van der Waals surface area contributed by atoms with Crippen molar-refractivity contribution in [1.29, 1.82) is 0 Å². The van der Waals surface area contributed by atoms with Gasteiger partial charge in [0.2, 0.25) is 11.8 Å². The summed E-state index contributed by atoms with van der Waals surface area (Å²) in [6, 6.07) is 2.99. The highest BCUT2D eigenvalue weighted by Crippen LogP contribution is 2.12. The largest absolute Gasteiger partial charge is 0.466 e. The van der Waals surface area contributed by atoms with Crippen LogP contribution in [0.25, 0.3) is 6.08 Å². The molecule has 1 atom stereocenters. The van der Waals surface area contributed by atoms with E-state index in [-0.39, 0.29) is 23.3 Å². The maximum Gasteiger partial charge on any atom is 0.308 e. The minimum atomic E-state index is -0.790. The summed E-state index contributed by atoms with van der Waals surface area (Å²) in [5.74, 6) is -1.16. The summed E-state index contributed by atoms with van der Waals surface area (Å²) in [5.41, 5.74) is 0. The molecule has 0 spiro atoms. The van der Waals surface area contributed by atoms with Crippen molar-refractivity contribution in [2.45, 2.75) is 25.8 Å². The molecule has 0 aromatic carbocycles. The molecule has 1 saturated heterocycles. The lowest BCUT2D eigenvalue weighted by molar-refractivity contribution is -0.147. The lowest BCUT2D eigenvalue weighted by Crippen LogP contribution is -2.60. The fourth-order valence-corrected chi connectivity index (χ4v) is 3.29. The van der Waals surface area contributed by atoms with Crippen molar-refractivity contribution in [1.82, 2.24) is 15.5 Å². The number of nitrogens with one attached hydrogen (secondary N) is 2. The molecule has 2 heterocycles. The third-order valence-corrected chi connectivity index (χ3v) is 4.77. The molecular formula is C17H21N3O4S2. The smallest absolute Gasteiger partial charge is 0.308 e. The van der Waals surface area contributed by atoms with Crippen LogP contribution in [0.5, 0.6) is 0 Å². The number of hydrogen-bond donors (Lipinski definition) is 2. The summed E-state index contributed by atoms with van der Waals surface area (Å²) in [6.07, 6.45) is 3.65. The predicted molar refractivity (Wildman–Crippen MR) is 103 cm³/mol. The molecule has 0 saturated carbocycles. The average molecular weight is 396 g/mol. The third kappa shape index (κ3) is 5.92. The van der Waals surface area contributed by atoms with E-state index in [1.807, 2.05) is 24.4 Å². The molecule has 2 amide bonds. The van der Waals surface area contributed by atoms with Gasteiger partial charge in [0.15, 0.2) is 5.11 Å². The van der Waals surface area contributed by atoms with Crippen LogP contribution in [0.15, 0.2) is 23.6 Å². The highest BCUT2D eigenvalue weighted by Gasteiger charge is 2.34. The third-order valence-electron chi connectivity index (χ3n) is 3.59. The molecule has 1 aliphatic heterocycles. The fraction of sp³-hybridized carbons (Fsp3) is 0.412. The number of piperazine rings is 1. The van der Waals surface area contributed by atoms with Gasteiger partial charge >= 0.3 is 5.97 Å². The Bertz CT molecular complexity index is 688. The van der Waals surface area contributed by atoms with Gasteiger partial charge in [0.1, 0.15) is 6.04 Å². The molecule has 0 aliphatic carbocycles. The SMILES string of the molecule is CCCOC(=O)CC1C(=O)NCCN1C(=S)NC(=O)C=Cc1cccs1. The lowest BCUT2D eigenvalue weighted by Gasteiger charge is -2.36. The second-order valence-corrected chi connectivity index (χ2v) is 6.93. The van der Waals surface area contributed by atoms with Crippen LogP contribution in [0.2, 0.25) is 0 Å². The highest BCUT2D eigenvalue weighted by molar-refractivity contribution is 7.80. The van der Waals surface area contributed by atoms with Crippen molar-refractivity contribution in [3.8, 4) is 0 Å². The van der Waals surface area contributed by atoms with E-state index in [0.717, 1.165) is 4.88 Å². The van der Waals surface area contributed by atoms with Gasteiger partial charge in [0, 0.05) is 24.0 Å². The van der Waals surface area contributed by atoms with E-state index in [2.05, 4.69) is 10.6 Å². The van der Waals surface area contributed by atoms with Crippen LogP contribution in [0, 0.1) is 0 Å². The standard InChI is InChI=1S/C17H21N3O4S2/c1-2-9-24-15(22)11-13-16(23)18-7-8-20(13)17(25)19-14(21)6-5-12-4-3-10-26-12/h3-6,10,13H,2,7-9,11H2,1H3,(H,18,23)(H,19,21,25). The predicted octanol–water partition coefficient (Wildman–Crippen LogP) is 1.31. The van der Waals surface area contributed by atoms with Gasteiger partial charge in [0.25, 0.3) is 0 Å². The van der Waals surface area contributed by atoms with E-state index in [9.17, 15) is 14.4 Å². The van der Waals surface area contributed by atoms with Crippen LogP contribution in [-0.2, 0) is 19.1 Å². The first-order chi connectivity index (χ1) is 12.5. The molecule has 2 N–H and O–H groups in total. The summed E-state index contributed by atoms with van der Waals surface area (Å²) in [5, 5.41) is 7.32. The van der Waals surface area contributed by atoms with Crippen molar-refractivity contribution in [3.05, 3.63) is 28.5 Å². The van der Waals surface area contributed by atoms with Gasteiger partial charge in [-0.15, -0.1) is 11.3 Å². The quantitative estimate of drug-likeness (QED) is 0.429. The Morgan fingerprint density at radius 1 is 1.54 bits per heavy atom. The molecule has 1 aliphatic rings. The van der Waals surface area contributed by atoms with Gasteiger partial charge in [0.05, 0.1) is 13.0 Å². The first kappa shape index (κ1) is 20.1. The van der Waals surface area contributed by atoms with Crippen molar-refractivity contribution in [2.75, 3.05) is 19.7 Å². The molecule has 2 rings (SSSR count). The Morgan fingerprint density at radius 2 is 2.35 bits per heavy atom. The zero-order valence-corrected chi connectivity index (χ0v) is 16.0. The Balaban J connectivity index is 1.96. The summed E-state index contributed by atoms with van der Waals surface area (Å²) in [4.78, 5) is 38.6. The van der Waals surface area contributed by atoms with Gasteiger partial charge in [-0.25, -0.2) is 0 Å². The molecule has 140 valence electrons.